The van der Waals surface area contributed by atoms with Gasteiger partial charge in [-0.3, -0.25) is 5.43 Å². The highest BCUT2D eigenvalue weighted by Crippen LogP contribution is 2.26. The third-order valence-electron chi connectivity index (χ3n) is 4.14. The van der Waals surface area contributed by atoms with Crippen molar-refractivity contribution < 1.29 is 12.6 Å². The van der Waals surface area contributed by atoms with Crippen LogP contribution in [0.5, 0.6) is 5.75 Å². The molecule has 4 aromatic rings. The Morgan fingerprint density at radius 2 is 1.68 bits per heavy atom. The molecule has 1 heterocycles. The van der Waals surface area contributed by atoms with E-state index in [0.29, 0.717) is 5.13 Å². The van der Waals surface area contributed by atoms with Gasteiger partial charge in [0.1, 0.15) is 10.6 Å². The molecule has 4 rings (SSSR count). The van der Waals surface area contributed by atoms with E-state index >= 15 is 0 Å². The van der Waals surface area contributed by atoms with Gasteiger partial charge in [-0.25, -0.2) is 4.98 Å². The van der Waals surface area contributed by atoms with Crippen molar-refractivity contribution in [2.45, 2.75) is 4.90 Å². The molecule has 0 fully saturated rings. The lowest BCUT2D eigenvalue weighted by atomic mass is 10.2. The maximum atomic E-state index is 12.3. The topological polar surface area (TPSA) is 80.7 Å². The zero-order chi connectivity index (χ0) is 21.7. The van der Waals surface area contributed by atoms with E-state index < -0.39 is 10.1 Å². The summed E-state index contributed by atoms with van der Waals surface area (Å²) >= 11 is 4.88. The first kappa shape index (κ1) is 21.2. The lowest BCUT2D eigenvalue weighted by Gasteiger charge is -2.06. The van der Waals surface area contributed by atoms with Crippen LogP contribution in [0.2, 0.25) is 0 Å². The third-order valence-corrected chi connectivity index (χ3v) is 6.67. The Balaban J connectivity index is 1.37. The van der Waals surface area contributed by atoms with Crippen molar-refractivity contribution in [2.75, 3.05) is 5.43 Å². The Morgan fingerprint density at radius 3 is 2.39 bits per heavy atom. The molecule has 0 aliphatic rings. The van der Waals surface area contributed by atoms with Crippen LogP contribution in [0.3, 0.4) is 0 Å². The monoisotopic (exact) mass is 513 g/mol. The lowest BCUT2D eigenvalue weighted by molar-refractivity contribution is 0.486. The normalized spacial score (nSPS) is 11.5. The number of hydrogen-bond acceptors (Lipinski definition) is 7. The van der Waals surface area contributed by atoms with Crippen molar-refractivity contribution >= 4 is 48.7 Å². The van der Waals surface area contributed by atoms with E-state index in [-0.39, 0.29) is 10.6 Å². The number of benzene rings is 3. The summed E-state index contributed by atoms with van der Waals surface area (Å²) in [6.07, 6.45) is 1.62. The zero-order valence-electron chi connectivity index (χ0n) is 16.0. The molecule has 0 spiro atoms. The second-order valence-electron chi connectivity index (χ2n) is 6.33. The summed E-state index contributed by atoms with van der Waals surface area (Å²) in [4.78, 5) is 4.62. The summed E-state index contributed by atoms with van der Waals surface area (Å²) in [5.74, 6) is 0.230. The van der Waals surface area contributed by atoms with Gasteiger partial charge in [-0.1, -0.05) is 46.3 Å². The number of halogens is 1. The van der Waals surface area contributed by atoms with Crippen LogP contribution in [-0.2, 0) is 10.1 Å². The van der Waals surface area contributed by atoms with Crippen molar-refractivity contribution in [1.29, 1.82) is 0 Å². The largest absolute Gasteiger partial charge is 0.379 e. The van der Waals surface area contributed by atoms with E-state index in [0.717, 1.165) is 21.3 Å². The van der Waals surface area contributed by atoms with Gasteiger partial charge in [-0.15, -0.1) is 11.3 Å². The predicted molar refractivity (Wildman–Crippen MR) is 127 cm³/mol. The highest BCUT2D eigenvalue weighted by atomic mass is 79.9. The molecule has 6 nitrogen and oxygen atoms in total. The fraction of sp³-hybridized carbons (Fsp3) is 0. The summed E-state index contributed by atoms with van der Waals surface area (Å²) < 4.78 is 30.7. The maximum Gasteiger partial charge on any atom is 0.339 e. The Hall–Kier alpha value is -3.01. The van der Waals surface area contributed by atoms with Crippen LogP contribution in [0, 0.1) is 0 Å². The molecule has 0 unspecified atom stereocenters. The number of thiazole rings is 1. The first-order chi connectivity index (χ1) is 15.0. The van der Waals surface area contributed by atoms with Gasteiger partial charge >= 0.3 is 10.1 Å². The predicted octanol–water partition coefficient (Wildman–Crippen LogP) is 5.79. The fourth-order valence-electron chi connectivity index (χ4n) is 2.61. The van der Waals surface area contributed by atoms with Crippen LogP contribution in [0.4, 0.5) is 5.13 Å². The van der Waals surface area contributed by atoms with E-state index in [1.54, 1.807) is 48.7 Å². The second-order valence-corrected chi connectivity index (χ2v) is 9.65. The summed E-state index contributed by atoms with van der Waals surface area (Å²) in [6.45, 7) is 0. The van der Waals surface area contributed by atoms with Crippen molar-refractivity contribution in [2.24, 2.45) is 5.10 Å². The van der Waals surface area contributed by atoms with Gasteiger partial charge in [0.15, 0.2) is 0 Å². The van der Waals surface area contributed by atoms with E-state index in [2.05, 4.69) is 31.4 Å². The molecule has 0 bridgehead atoms. The minimum atomic E-state index is -3.86. The summed E-state index contributed by atoms with van der Waals surface area (Å²) in [6, 6.07) is 22.5. The van der Waals surface area contributed by atoms with Crippen LogP contribution in [-0.4, -0.2) is 19.6 Å². The second kappa shape index (κ2) is 9.42. The van der Waals surface area contributed by atoms with Crippen LogP contribution in [0.1, 0.15) is 5.56 Å². The Labute approximate surface area is 192 Å². The van der Waals surface area contributed by atoms with Gasteiger partial charge in [0.25, 0.3) is 0 Å². The molecule has 156 valence electrons. The molecular formula is C22H16BrN3O3S2. The molecule has 9 heteroatoms. The van der Waals surface area contributed by atoms with Crippen molar-refractivity contribution in [3.8, 4) is 17.0 Å². The van der Waals surface area contributed by atoms with Gasteiger partial charge < -0.3 is 4.18 Å². The number of aromatic nitrogens is 1. The van der Waals surface area contributed by atoms with E-state index in [4.69, 9.17) is 4.18 Å². The van der Waals surface area contributed by atoms with Crippen molar-refractivity contribution in [3.05, 3.63) is 94.3 Å². The number of nitrogens with one attached hydrogen (secondary N) is 1. The molecule has 0 saturated heterocycles. The van der Waals surface area contributed by atoms with Gasteiger partial charge in [0, 0.05) is 15.4 Å². The van der Waals surface area contributed by atoms with E-state index in [9.17, 15) is 8.42 Å². The summed E-state index contributed by atoms with van der Waals surface area (Å²) in [7, 11) is -3.86. The minimum absolute atomic E-state index is 0.107. The lowest BCUT2D eigenvalue weighted by Crippen LogP contribution is -2.09. The zero-order valence-corrected chi connectivity index (χ0v) is 19.2. The van der Waals surface area contributed by atoms with Crippen LogP contribution in [0.15, 0.2) is 98.7 Å². The molecule has 3 aromatic carbocycles. The summed E-state index contributed by atoms with van der Waals surface area (Å²) in [5.41, 5.74) is 5.59. The molecule has 1 aromatic heterocycles. The molecule has 0 aliphatic heterocycles. The average Bonchev–Trinajstić information content (AvgIpc) is 3.25. The average molecular weight is 514 g/mol. The molecule has 0 atom stereocenters. The standard InChI is InChI=1S/C22H16BrN3O3S2/c23-18-10-8-17(9-11-18)21-15-30-22(25-21)26-24-14-16-6-12-19(13-7-16)29-31(27,28)20-4-2-1-3-5-20/h1-15H,(H,25,26)/b24-14-. The molecule has 0 radical (unpaired) electrons. The quantitative estimate of drug-likeness (QED) is 0.192. The molecule has 0 amide bonds. The summed E-state index contributed by atoms with van der Waals surface area (Å²) in [5, 5.41) is 6.82. The highest BCUT2D eigenvalue weighted by molar-refractivity contribution is 9.10. The molecule has 1 N–H and O–H groups in total. The number of anilines is 1. The smallest absolute Gasteiger partial charge is 0.339 e. The van der Waals surface area contributed by atoms with Crippen LogP contribution in [0.25, 0.3) is 11.3 Å². The third kappa shape index (κ3) is 5.57. The van der Waals surface area contributed by atoms with Crippen LogP contribution < -0.4 is 9.61 Å². The SMILES string of the molecule is O=S(=O)(Oc1ccc(/C=N\Nc2nc(-c3ccc(Br)cc3)cs2)cc1)c1ccccc1. The van der Waals surface area contributed by atoms with Crippen molar-refractivity contribution in [3.63, 3.8) is 0 Å². The fourth-order valence-corrected chi connectivity index (χ4v) is 4.50. The molecule has 0 saturated carbocycles. The van der Waals surface area contributed by atoms with Gasteiger partial charge in [0.05, 0.1) is 11.9 Å². The van der Waals surface area contributed by atoms with Gasteiger partial charge in [0.2, 0.25) is 5.13 Å². The molecule has 0 aliphatic carbocycles. The van der Waals surface area contributed by atoms with E-state index in [1.165, 1.54) is 23.5 Å². The maximum absolute atomic E-state index is 12.3. The Morgan fingerprint density at radius 1 is 0.968 bits per heavy atom. The first-order valence-corrected chi connectivity index (χ1v) is 12.2. The van der Waals surface area contributed by atoms with E-state index in [1.807, 2.05) is 29.6 Å². The minimum Gasteiger partial charge on any atom is -0.379 e. The number of rotatable bonds is 7. The highest BCUT2D eigenvalue weighted by Gasteiger charge is 2.15. The number of hydrogen-bond donors (Lipinski definition) is 1. The van der Waals surface area contributed by atoms with Gasteiger partial charge in [-0.05, 0) is 54.1 Å². The Bertz CT molecular complexity index is 1290. The Kier molecular flexibility index (Phi) is 6.45. The number of hydrazone groups is 1. The van der Waals surface area contributed by atoms with Gasteiger partial charge in [-0.2, -0.15) is 13.5 Å². The molecule has 31 heavy (non-hydrogen) atoms. The number of nitrogens with zero attached hydrogens (tertiary/aromatic N) is 2. The first-order valence-electron chi connectivity index (χ1n) is 9.10. The van der Waals surface area contributed by atoms with Crippen molar-refractivity contribution in [1.82, 2.24) is 4.98 Å². The van der Waals surface area contributed by atoms with Crippen LogP contribution >= 0.6 is 27.3 Å². The molecular weight excluding hydrogens is 498 g/mol.